The molecule has 8 heteroatoms. The highest BCUT2D eigenvalue weighted by molar-refractivity contribution is 5.79. The van der Waals surface area contributed by atoms with Crippen LogP contribution in [0.2, 0.25) is 0 Å². The first-order chi connectivity index (χ1) is 12.1. The SMILES string of the molecule is CCOCCCNC(=NC)NCCc1ccc(OC)c(OC(F)F)c1. The maximum absolute atomic E-state index is 12.4. The number of guanidine groups is 1. The van der Waals surface area contributed by atoms with E-state index in [0.717, 1.165) is 18.5 Å². The van der Waals surface area contributed by atoms with Gasteiger partial charge in [-0.2, -0.15) is 8.78 Å². The second kappa shape index (κ2) is 12.3. The van der Waals surface area contributed by atoms with Crippen molar-refractivity contribution in [3.05, 3.63) is 23.8 Å². The van der Waals surface area contributed by atoms with Gasteiger partial charge < -0.3 is 24.8 Å². The van der Waals surface area contributed by atoms with Crippen LogP contribution >= 0.6 is 0 Å². The number of nitrogens with zero attached hydrogens (tertiary/aromatic N) is 1. The van der Waals surface area contributed by atoms with E-state index in [4.69, 9.17) is 9.47 Å². The Labute approximate surface area is 147 Å². The molecule has 25 heavy (non-hydrogen) atoms. The number of hydrogen-bond donors (Lipinski definition) is 2. The Morgan fingerprint density at radius 1 is 1.20 bits per heavy atom. The summed E-state index contributed by atoms with van der Waals surface area (Å²) in [5, 5.41) is 6.36. The van der Waals surface area contributed by atoms with Crippen molar-refractivity contribution in [2.24, 2.45) is 4.99 Å². The molecule has 0 radical (unpaired) electrons. The van der Waals surface area contributed by atoms with E-state index in [0.29, 0.717) is 32.1 Å². The van der Waals surface area contributed by atoms with Crippen molar-refractivity contribution in [2.75, 3.05) is 40.5 Å². The van der Waals surface area contributed by atoms with Gasteiger partial charge in [0.15, 0.2) is 17.5 Å². The van der Waals surface area contributed by atoms with Gasteiger partial charge in [-0.05, 0) is 37.5 Å². The van der Waals surface area contributed by atoms with Gasteiger partial charge in [0.25, 0.3) is 0 Å². The molecule has 0 aromatic heterocycles. The smallest absolute Gasteiger partial charge is 0.387 e. The van der Waals surface area contributed by atoms with Crippen molar-refractivity contribution in [1.82, 2.24) is 10.6 Å². The second-order valence-electron chi connectivity index (χ2n) is 5.09. The lowest BCUT2D eigenvalue weighted by atomic mass is 10.1. The van der Waals surface area contributed by atoms with Gasteiger partial charge in [0.2, 0.25) is 0 Å². The summed E-state index contributed by atoms with van der Waals surface area (Å²) < 4.78 is 39.7. The molecule has 0 bridgehead atoms. The molecule has 0 unspecified atom stereocenters. The number of nitrogens with one attached hydrogen (secondary N) is 2. The van der Waals surface area contributed by atoms with E-state index in [1.807, 2.05) is 13.0 Å². The van der Waals surface area contributed by atoms with Crippen molar-refractivity contribution in [2.45, 2.75) is 26.4 Å². The van der Waals surface area contributed by atoms with Crippen molar-refractivity contribution < 1.29 is 23.0 Å². The summed E-state index contributed by atoms with van der Waals surface area (Å²) in [4.78, 5) is 4.13. The van der Waals surface area contributed by atoms with E-state index in [1.54, 1.807) is 19.2 Å². The third-order valence-electron chi connectivity index (χ3n) is 3.34. The third kappa shape index (κ3) is 8.53. The largest absolute Gasteiger partial charge is 0.493 e. The molecule has 0 saturated heterocycles. The lowest BCUT2D eigenvalue weighted by Crippen LogP contribution is -2.39. The van der Waals surface area contributed by atoms with Gasteiger partial charge in [0.05, 0.1) is 7.11 Å². The normalized spacial score (nSPS) is 11.5. The van der Waals surface area contributed by atoms with Crippen LogP contribution in [0.15, 0.2) is 23.2 Å². The number of aliphatic imine (C=N–C) groups is 1. The molecular formula is C17H27F2N3O3. The molecule has 0 aliphatic rings. The van der Waals surface area contributed by atoms with Crippen molar-refractivity contribution in [3.8, 4) is 11.5 Å². The first kappa shape index (κ1) is 21.0. The predicted octanol–water partition coefficient (Wildman–Crippen LogP) is 2.43. The van der Waals surface area contributed by atoms with Gasteiger partial charge in [0.1, 0.15) is 0 Å². The quantitative estimate of drug-likeness (QED) is 0.361. The molecule has 1 rings (SSSR count). The molecule has 0 spiro atoms. The minimum Gasteiger partial charge on any atom is -0.493 e. The molecular weight excluding hydrogens is 332 g/mol. The maximum atomic E-state index is 12.4. The Balaban J connectivity index is 2.43. The molecule has 0 aliphatic heterocycles. The molecule has 2 N–H and O–H groups in total. The first-order valence-corrected chi connectivity index (χ1v) is 8.24. The van der Waals surface area contributed by atoms with Crippen LogP contribution in [0.3, 0.4) is 0 Å². The summed E-state index contributed by atoms with van der Waals surface area (Å²) in [5.41, 5.74) is 0.857. The fourth-order valence-electron chi connectivity index (χ4n) is 2.14. The van der Waals surface area contributed by atoms with Gasteiger partial charge in [-0.15, -0.1) is 0 Å². The Bertz CT molecular complexity index is 528. The summed E-state index contributed by atoms with van der Waals surface area (Å²) in [6, 6.07) is 5.00. The van der Waals surface area contributed by atoms with Gasteiger partial charge >= 0.3 is 6.61 Å². The fourth-order valence-corrected chi connectivity index (χ4v) is 2.14. The molecule has 0 atom stereocenters. The van der Waals surface area contributed by atoms with Crippen LogP contribution in [0.1, 0.15) is 18.9 Å². The third-order valence-corrected chi connectivity index (χ3v) is 3.34. The average molecular weight is 359 g/mol. The van der Waals surface area contributed by atoms with E-state index in [9.17, 15) is 8.78 Å². The van der Waals surface area contributed by atoms with E-state index in [2.05, 4.69) is 20.4 Å². The molecule has 6 nitrogen and oxygen atoms in total. The minimum absolute atomic E-state index is 0.0356. The minimum atomic E-state index is -2.89. The van der Waals surface area contributed by atoms with Crippen LogP contribution < -0.4 is 20.1 Å². The van der Waals surface area contributed by atoms with Crippen molar-refractivity contribution in [3.63, 3.8) is 0 Å². The number of methoxy groups -OCH3 is 1. The Morgan fingerprint density at radius 2 is 1.96 bits per heavy atom. The molecule has 0 amide bonds. The summed E-state index contributed by atoms with van der Waals surface area (Å²) in [5.74, 6) is 1.01. The molecule has 1 aromatic carbocycles. The highest BCUT2D eigenvalue weighted by Crippen LogP contribution is 2.29. The molecule has 0 heterocycles. The Morgan fingerprint density at radius 3 is 2.60 bits per heavy atom. The second-order valence-corrected chi connectivity index (χ2v) is 5.09. The lowest BCUT2D eigenvalue weighted by molar-refractivity contribution is -0.0512. The zero-order valence-corrected chi connectivity index (χ0v) is 15.0. The van der Waals surface area contributed by atoms with E-state index >= 15 is 0 Å². The zero-order valence-electron chi connectivity index (χ0n) is 15.0. The van der Waals surface area contributed by atoms with Crippen LogP contribution in [-0.4, -0.2) is 53.0 Å². The molecule has 0 saturated carbocycles. The summed E-state index contributed by atoms with van der Waals surface area (Å²) in [6.07, 6.45) is 1.52. The van der Waals surface area contributed by atoms with Crippen molar-refractivity contribution >= 4 is 5.96 Å². The van der Waals surface area contributed by atoms with E-state index in [1.165, 1.54) is 7.11 Å². The number of hydrogen-bond acceptors (Lipinski definition) is 4. The van der Waals surface area contributed by atoms with Crippen LogP contribution in [0, 0.1) is 0 Å². The monoisotopic (exact) mass is 359 g/mol. The zero-order chi connectivity index (χ0) is 18.5. The topological polar surface area (TPSA) is 64.1 Å². The Kier molecular flexibility index (Phi) is 10.3. The van der Waals surface area contributed by atoms with Crippen LogP contribution in [-0.2, 0) is 11.2 Å². The van der Waals surface area contributed by atoms with Crippen LogP contribution in [0.4, 0.5) is 8.78 Å². The Hall–Kier alpha value is -2.09. The lowest BCUT2D eigenvalue weighted by Gasteiger charge is -2.13. The summed E-state index contributed by atoms with van der Waals surface area (Å²) in [6.45, 7) is 1.86. The first-order valence-electron chi connectivity index (χ1n) is 8.24. The number of alkyl halides is 2. The highest BCUT2D eigenvalue weighted by atomic mass is 19.3. The molecule has 0 fully saturated rings. The van der Waals surface area contributed by atoms with E-state index < -0.39 is 6.61 Å². The molecule has 142 valence electrons. The van der Waals surface area contributed by atoms with Gasteiger partial charge in [-0.3, -0.25) is 4.99 Å². The predicted molar refractivity (Wildman–Crippen MR) is 93.8 cm³/mol. The number of halogens is 2. The number of benzene rings is 1. The van der Waals surface area contributed by atoms with Gasteiger partial charge in [-0.1, -0.05) is 6.07 Å². The van der Waals surface area contributed by atoms with E-state index in [-0.39, 0.29) is 11.5 Å². The maximum Gasteiger partial charge on any atom is 0.387 e. The fraction of sp³-hybridized carbons (Fsp3) is 0.588. The average Bonchev–Trinajstić information content (AvgIpc) is 2.59. The van der Waals surface area contributed by atoms with Crippen LogP contribution in [0.5, 0.6) is 11.5 Å². The molecule has 1 aromatic rings. The molecule has 0 aliphatic carbocycles. The van der Waals surface area contributed by atoms with Gasteiger partial charge in [0, 0.05) is 33.4 Å². The van der Waals surface area contributed by atoms with Gasteiger partial charge in [-0.25, -0.2) is 0 Å². The summed E-state index contributed by atoms with van der Waals surface area (Å²) >= 11 is 0. The number of ether oxygens (including phenoxy) is 3. The summed E-state index contributed by atoms with van der Waals surface area (Å²) in [7, 11) is 3.11. The van der Waals surface area contributed by atoms with Crippen LogP contribution in [0.25, 0.3) is 0 Å². The number of rotatable bonds is 11. The standard InChI is InChI=1S/C17H27F2N3O3/c1-4-24-11-5-9-21-17(20-2)22-10-8-13-6-7-14(23-3)15(12-13)25-16(18)19/h6-7,12,16H,4-5,8-11H2,1-3H3,(H2,20,21,22). The van der Waals surface area contributed by atoms with Crippen molar-refractivity contribution in [1.29, 1.82) is 0 Å². The highest BCUT2D eigenvalue weighted by Gasteiger charge is 2.11.